The molecule has 0 radical (unpaired) electrons. The molecule has 1 heterocycles. The van der Waals surface area contributed by atoms with Crippen LogP contribution in [0.15, 0.2) is 48.5 Å². The molecular weight excluding hydrogens is 294 g/mol. The number of aromatic nitrogens is 4. The standard InChI is InChI=1S/C16H17N5O2/c1-22-14-6-8-15(9-7-14)23-11-10-21-16(18-19-20-21)12-2-4-13(17)5-3-12/h2-9H,10-11,17H2,1H3. The van der Waals surface area contributed by atoms with Gasteiger partial charge >= 0.3 is 0 Å². The smallest absolute Gasteiger partial charge is 0.182 e. The Balaban J connectivity index is 1.62. The molecule has 0 atom stereocenters. The second kappa shape index (κ2) is 6.78. The quantitative estimate of drug-likeness (QED) is 0.701. The maximum Gasteiger partial charge on any atom is 0.182 e. The molecule has 0 saturated carbocycles. The van der Waals surface area contributed by atoms with Crippen LogP contribution in [0, 0.1) is 0 Å². The molecule has 0 spiro atoms. The van der Waals surface area contributed by atoms with E-state index in [-0.39, 0.29) is 0 Å². The number of rotatable bonds is 6. The first kappa shape index (κ1) is 14.8. The minimum absolute atomic E-state index is 0.458. The molecule has 2 aromatic carbocycles. The van der Waals surface area contributed by atoms with Crippen molar-refractivity contribution in [2.45, 2.75) is 6.54 Å². The van der Waals surface area contributed by atoms with Crippen molar-refractivity contribution in [1.82, 2.24) is 20.2 Å². The Bertz CT molecular complexity index is 753. The highest BCUT2D eigenvalue weighted by atomic mass is 16.5. The molecule has 118 valence electrons. The van der Waals surface area contributed by atoms with Gasteiger partial charge in [0, 0.05) is 11.3 Å². The summed E-state index contributed by atoms with van der Waals surface area (Å²) in [6.07, 6.45) is 0. The Morgan fingerprint density at radius 3 is 2.39 bits per heavy atom. The Morgan fingerprint density at radius 1 is 1.00 bits per heavy atom. The van der Waals surface area contributed by atoms with Crippen molar-refractivity contribution in [3.05, 3.63) is 48.5 Å². The van der Waals surface area contributed by atoms with Gasteiger partial charge in [0.1, 0.15) is 18.1 Å². The highest BCUT2D eigenvalue weighted by molar-refractivity contribution is 5.58. The summed E-state index contributed by atoms with van der Waals surface area (Å²) in [6.45, 7) is 0.998. The molecule has 0 bridgehead atoms. The van der Waals surface area contributed by atoms with Crippen LogP contribution in [0.3, 0.4) is 0 Å². The van der Waals surface area contributed by atoms with E-state index in [0.717, 1.165) is 17.1 Å². The fourth-order valence-electron chi connectivity index (χ4n) is 2.12. The van der Waals surface area contributed by atoms with Crippen LogP contribution in [-0.4, -0.2) is 33.9 Å². The predicted molar refractivity (Wildman–Crippen MR) is 86.2 cm³/mol. The Morgan fingerprint density at radius 2 is 1.70 bits per heavy atom. The Labute approximate surface area is 133 Å². The molecule has 0 saturated heterocycles. The van der Waals surface area contributed by atoms with Crippen molar-refractivity contribution in [3.8, 4) is 22.9 Å². The first-order valence-corrected chi connectivity index (χ1v) is 7.15. The van der Waals surface area contributed by atoms with Gasteiger partial charge < -0.3 is 15.2 Å². The summed E-state index contributed by atoms with van der Waals surface area (Å²) in [5, 5.41) is 11.8. The lowest BCUT2D eigenvalue weighted by atomic mass is 10.2. The zero-order valence-corrected chi connectivity index (χ0v) is 12.7. The van der Waals surface area contributed by atoms with Gasteiger partial charge in [-0.15, -0.1) is 5.10 Å². The number of hydrogen-bond donors (Lipinski definition) is 1. The van der Waals surface area contributed by atoms with Gasteiger partial charge in [-0.3, -0.25) is 0 Å². The number of hydrogen-bond acceptors (Lipinski definition) is 6. The van der Waals surface area contributed by atoms with E-state index in [1.165, 1.54) is 0 Å². The van der Waals surface area contributed by atoms with Crippen LogP contribution >= 0.6 is 0 Å². The fourth-order valence-corrected chi connectivity index (χ4v) is 2.12. The van der Waals surface area contributed by atoms with Crippen molar-refractivity contribution >= 4 is 5.69 Å². The molecular formula is C16H17N5O2. The van der Waals surface area contributed by atoms with Crippen LogP contribution in [0.1, 0.15) is 0 Å². The molecule has 0 aliphatic heterocycles. The third kappa shape index (κ3) is 3.57. The van der Waals surface area contributed by atoms with Crippen molar-refractivity contribution in [2.75, 3.05) is 19.5 Å². The number of nitrogen functional groups attached to an aromatic ring is 1. The summed E-state index contributed by atoms with van der Waals surface area (Å²) in [5.41, 5.74) is 7.31. The third-order valence-corrected chi connectivity index (χ3v) is 3.33. The van der Waals surface area contributed by atoms with Gasteiger partial charge in [0.2, 0.25) is 0 Å². The molecule has 3 rings (SSSR count). The third-order valence-electron chi connectivity index (χ3n) is 3.33. The van der Waals surface area contributed by atoms with Gasteiger partial charge in [-0.05, 0) is 59.0 Å². The van der Waals surface area contributed by atoms with Gasteiger partial charge in [-0.25, -0.2) is 4.68 Å². The molecule has 7 heteroatoms. The number of nitrogens with two attached hydrogens (primary N) is 1. The monoisotopic (exact) mass is 311 g/mol. The SMILES string of the molecule is COc1ccc(OCCn2nnnc2-c2ccc(N)cc2)cc1. The van der Waals surface area contributed by atoms with Crippen molar-refractivity contribution in [3.63, 3.8) is 0 Å². The van der Waals surface area contributed by atoms with Gasteiger partial charge in [0.25, 0.3) is 0 Å². The number of ether oxygens (including phenoxy) is 2. The normalized spacial score (nSPS) is 10.5. The lowest BCUT2D eigenvalue weighted by Crippen LogP contribution is -2.11. The van der Waals surface area contributed by atoms with Gasteiger partial charge in [0.15, 0.2) is 5.82 Å². The number of anilines is 1. The zero-order chi connectivity index (χ0) is 16.1. The summed E-state index contributed by atoms with van der Waals surface area (Å²) in [7, 11) is 1.63. The van der Waals surface area contributed by atoms with E-state index in [1.807, 2.05) is 48.5 Å². The summed E-state index contributed by atoms with van der Waals surface area (Å²) in [5.74, 6) is 2.25. The number of benzene rings is 2. The van der Waals surface area contributed by atoms with E-state index in [9.17, 15) is 0 Å². The fraction of sp³-hybridized carbons (Fsp3) is 0.188. The van der Waals surface area contributed by atoms with Crippen LogP contribution in [0.25, 0.3) is 11.4 Å². The summed E-state index contributed by atoms with van der Waals surface area (Å²) in [4.78, 5) is 0. The van der Waals surface area contributed by atoms with Gasteiger partial charge in [-0.1, -0.05) is 0 Å². The van der Waals surface area contributed by atoms with Gasteiger partial charge in [-0.2, -0.15) is 0 Å². The molecule has 0 amide bonds. The molecule has 0 aliphatic carbocycles. The molecule has 0 unspecified atom stereocenters. The highest BCUT2D eigenvalue weighted by Gasteiger charge is 2.08. The molecule has 1 aromatic heterocycles. The van der Waals surface area contributed by atoms with E-state index in [2.05, 4.69) is 15.5 Å². The molecule has 3 aromatic rings. The average molecular weight is 311 g/mol. The largest absolute Gasteiger partial charge is 0.497 e. The molecule has 0 aliphatic rings. The van der Waals surface area contributed by atoms with Crippen LogP contribution in [0.5, 0.6) is 11.5 Å². The summed E-state index contributed by atoms with van der Waals surface area (Å²) >= 11 is 0. The highest BCUT2D eigenvalue weighted by Crippen LogP contribution is 2.18. The Hall–Kier alpha value is -3.09. The molecule has 2 N–H and O–H groups in total. The lowest BCUT2D eigenvalue weighted by Gasteiger charge is -2.08. The van der Waals surface area contributed by atoms with E-state index >= 15 is 0 Å². The topological polar surface area (TPSA) is 88.1 Å². The maximum absolute atomic E-state index is 5.70. The minimum Gasteiger partial charge on any atom is -0.497 e. The van der Waals surface area contributed by atoms with E-state index in [4.69, 9.17) is 15.2 Å². The average Bonchev–Trinajstić information content (AvgIpc) is 3.05. The second-order valence-corrected chi connectivity index (χ2v) is 4.87. The van der Waals surface area contributed by atoms with Crippen LogP contribution < -0.4 is 15.2 Å². The number of tetrazole rings is 1. The maximum atomic E-state index is 5.70. The van der Waals surface area contributed by atoms with Crippen LogP contribution in [0.2, 0.25) is 0 Å². The van der Waals surface area contributed by atoms with Crippen molar-refractivity contribution in [2.24, 2.45) is 0 Å². The molecule has 0 fully saturated rings. The lowest BCUT2D eigenvalue weighted by molar-refractivity contribution is 0.290. The summed E-state index contributed by atoms with van der Waals surface area (Å²) < 4.78 is 12.5. The first-order chi connectivity index (χ1) is 11.3. The number of methoxy groups -OCH3 is 1. The number of nitrogens with zero attached hydrogens (tertiary/aromatic N) is 4. The van der Waals surface area contributed by atoms with Crippen molar-refractivity contribution in [1.29, 1.82) is 0 Å². The molecule has 7 nitrogen and oxygen atoms in total. The summed E-state index contributed by atoms with van der Waals surface area (Å²) in [6, 6.07) is 14.9. The van der Waals surface area contributed by atoms with E-state index in [0.29, 0.717) is 24.7 Å². The zero-order valence-electron chi connectivity index (χ0n) is 12.7. The van der Waals surface area contributed by atoms with Gasteiger partial charge in [0.05, 0.1) is 13.7 Å². The minimum atomic E-state index is 0.458. The first-order valence-electron chi connectivity index (χ1n) is 7.15. The van der Waals surface area contributed by atoms with Crippen LogP contribution in [0.4, 0.5) is 5.69 Å². The second-order valence-electron chi connectivity index (χ2n) is 4.87. The predicted octanol–water partition coefficient (Wildman–Crippen LogP) is 2.01. The Kier molecular flexibility index (Phi) is 4.37. The van der Waals surface area contributed by atoms with Crippen LogP contribution in [-0.2, 0) is 6.54 Å². The molecule has 23 heavy (non-hydrogen) atoms. The van der Waals surface area contributed by atoms with E-state index < -0.39 is 0 Å². The van der Waals surface area contributed by atoms with E-state index in [1.54, 1.807) is 11.8 Å². The van der Waals surface area contributed by atoms with Crippen molar-refractivity contribution < 1.29 is 9.47 Å².